The van der Waals surface area contributed by atoms with Crippen molar-refractivity contribution < 1.29 is 13.6 Å². The van der Waals surface area contributed by atoms with Crippen molar-refractivity contribution >= 4 is 22.6 Å². The molecule has 0 fully saturated rings. The molecule has 5 nitrogen and oxygen atoms in total. The summed E-state index contributed by atoms with van der Waals surface area (Å²) in [4.78, 5) is 11.6. The Bertz CT molecular complexity index is 576. The summed E-state index contributed by atoms with van der Waals surface area (Å²) in [7, 11) is 0. The number of nitrogens with zero attached hydrogens (tertiary/aromatic N) is 2. The summed E-state index contributed by atoms with van der Waals surface area (Å²) in [5.74, 6) is -1.36. The van der Waals surface area contributed by atoms with E-state index in [9.17, 15) is 13.6 Å². The Balaban J connectivity index is 2.00. The molecule has 1 aromatic heterocycles. The highest BCUT2D eigenvalue weighted by Crippen LogP contribution is 2.18. The normalized spacial score (nSPS) is 11.9. The molecule has 0 aliphatic carbocycles. The predicted octanol–water partition coefficient (Wildman–Crippen LogP) is 2.70. The number of nitrogens with one attached hydrogen (secondary N) is 2. The van der Waals surface area contributed by atoms with Crippen molar-refractivity contribution in [1.82, 2.24) is 14.9 Å². The summed E-state index contributed by atoms with van der Waals surface area (Å²) in [5, 5.41) is 9.07. The minimum absolute atomic E-state index is 0.207. The lowest BCUT2D eigenvalue weighted by atomic mass is 10.1. The summed E-state index contributed by atoms with van der Waals surface area (Å²) in [5.41, 5.74) is 0.207. The van der Waals surface area contributed by atoms with E-state index in [0.717, 1.165) is 23.7 Å². The fourth-order valence-corrected chi connectivity index (χ4v) is 1.91. The molecule has 100 valence electrons. The van der Waals surface area contributed by atoms with Gasteiger partial charge in [-0.2, -0.15) is 0 Å². The van der Waals surface area contributed by atoms with E-state index in [1.54, 1.807) is 6.92 Å². The SMILES string of the molecule is C[C@H](NC(=O)Nc1cnns1)c1ccc(F)cc1F. The van der Waals surface area contributed by atoms with Gasteiger partial charge in [-0.15, -0.1) is 5.10 Å². The summed E-state index contributed by atoms with van der Waals surface area (Å²) in [6.07, 6.45) is 1.40. The molecule has 0 aliphatic rings. The first kappa shape index (κ1) is 13.3. The number of hydrogen-bond acceptors (Lipinski definition) is 4. The Morgan fingerprint density at radius 3 is 2.84 bits per heavy atom. The number of aromatic nitrogens is 2. The van der Waals surface area contributed by atoms with Crippen LogP contribution >= 0.6 is 11.5 Å². The largest absolute Gasteiger partial charge is 0.331 e. The van der Waals surface area contributed by atoms with Crippen molar-refractivity contribution in [2.45, 2.75) is 13.0 Å². The topological polar surface area (TPSA) is 66.9 Å². The van der Waals surface area contributed by atoms with Crippen LogP contribution in [0.3, 0.4) is 0 Å². The first-order chi connectivity index (χ1) is 9.06. The Labute approximate surface area is 111 Å². The van der Waals surface area contributed by atoms with Crippen LogP contribution in [0.2, 0.25) is 0 Å². The van der Waals surface area contributed by atoms with Crippen LogP contribution in [0.1, 0.15) is 18.5 Å². The first-order valence-corrected chi connectivity index (χ1v) is 6.13. The third kappa shape index (κ3) is 3.44. The predicted molar refractivity (Wildman–Crippen MR) is 66.8 cm³/mol. The summed E-state index contributed by atoms with van der Waals surface area (Å²) >= 11 is 1.02. The van der Waals surface area contributed by atoms with Gasteiger partial charge in [-0.25, -0.2) is 13.6 Å². The Kier molecular flexibility index (Phi) is 4.00. The van der Waals surface area contributed by atoms with Crippen molar-refractivity contribution in [3.8, 4) is 0 Å². The molecule has 2 aromatic rings. The second kappa shape index (κ2) is 5.70. The van der Waals surface area contributed by atoms with E-state index < -0.39 is 23.7 Å². The van der Waals surface area contributed by atoms with Crippen molar-refractivity contribution in [2.24, 2.45) is 0 Å². The molecule has 1 atom stereocenters. The maximum absolute atomic E-state index is 13.5. The summed E-state index contributed by atoms with van der Waals surface area (Å²) < 4.78 is 29.9. The van der Waals surface area contributed by atoms with Gasteiger partial charge in [0.05, 0.1) is 12.2 Å². The third-order valence-corrected chi connectivity index (χ3v) is 2.95. The fraction of sp³-hybridized carbons (Fsp3) is 0.182. The fourth-order valence-electron chi connectivity index (χ4n) is 1.50. The van der Waals surface area contributed by atoms with Gasteiger partial charge in [0.25, 0.3) is 0 Å². The van der Waals surface area contributed by atoms with Crippen molar-refractivity contribution in [3.63, 3.8) is 0 Å². The average Bonchev–Trinajstić information content (AvgIpc) is 2.81. The van der Waals surface area contributed by atoms with Gasteiger partial charge in [0.2, 0.25) is 0 Å². The van der Waals surface area contributed by atoms with Gasteiger partial charge >= 0.3 is 6.03 Å². The molecular formula is C11H10F2N4OS. The highest BCUT2D eigenvalue weighted by Gasteiger charge is 2.14. The van der Waals surface area contributed by atoms with E-state index in [1.165, 1.54) is 12.3 Å². The van der Waals surface area contributed by atoms with Crippen LogP contribution in [0.5, 0.6) is 0 Å². The summed E-state index contributed by atoms with van der Waals surface area (Å²) in [6.45, 7) is 1.60. The highest BCUT2D eigenvalue weighted by atomic mass is 32.1. The van der Waals surface area contributed by atoms with Crippen LogP contribution in [-0.4, -0.2) is 15.6 Å². The van der Waals surface area contributed by atoms with Crippen LogP contribution in [0.25, 0.3) is 0 Å². The van der Waals surface area contributed by atoms with E-state index in [4.69, 9.17) is 0 Å². The zero-order valence-corrected chi connectivity index (χ0v) is 10.7. The zero-order valence-electron chi connectivity index (χ0n) is 9.85. The van der Waals surface area contributed by atoms with Crippen LogP contribution < -0.4 is 10.6 Å². The molecule has 2 rings (SSSR count). The molecular weight excluding hydrogens is 274 g/mol. The monoisotopic (exact) mass is 284 g/mol. The van der Waals surface area contributed by atoms with Gasteiger partial charge in [0.15, 0.2) is 0 Å². The van der Waals surface area contributed by atoms with Gasteiger partial charge in [-0.1, -0.05) is 10.6 Å². The van der Waals surface area contributed by atoms with Crippen LogP contribution in [0, 0.1) is 11.6 Å². The molecule has 2 N–H and O–H groups in total. The molecule has 0 spiro atoms. The molecule has 2 amide bonds. The Hall–Kier alpha value is -2.09. The quantitative estimate of drug-likeness (QED) is 0.910. The number of carbonyl (C=O) groups is 1. The lowest BCUT2D eigenvalue weighted by Gasteiger charge is -2.15. The standard InChI is InChI=1S/C11H10F2N4OS/c1-6(8-3-2-7(12)4-9(8)13)15-11(18)16-10-5-14-17-19-10/h2-6H,1H3,(H2,15,16,18)/t6-/m0/s1. The molecule has 0 saturated carbocycles. The van der Waals surface area contributed by atoms with Crippen LogP contribution in [-0.2, 0) is 0 Å². The maximum atomic E-state index is 13.5. The van der Waals surface area contributed by atoms with Crippen molar-refractivity contribution in [3.05, 3.63) is 41.6 Å². The van der Waals surface area contributed by atoms with Crippen molar-refractivity contribution in [2.75, 3.05) is 5.32 Å². The molecule has 0 unspecified atom stereocenters. The number of anilines is 1. The number of rotatable bonds is 3. The molecule has 0 aliphatic heterocycles. The van der Waals surface area contributed by atoms with Crippen LogP contribution in [0.4, 0.5) is 18.6 Å². The number of hydrogen-bond donors (Lipinski definition) is 2. The first-order valence-electron chi connectivity index (χ1n) is 5.36. The number of benzene rings is 1. The van der Waals surface area contributed by atoms with Gasteiger partial charge < -0.3 is 5.32 Å². The summed E-state index contributed by atoms with van der Waals surface area (Å²) in [6, 6.07) is 2.10. The number of urea groups is 1. The molecule has 1 aromatic carbocycles. The van der Waals surface area contributed by atoms with Crippen LogP contribution in [0.15, 0.2) is 24.4 Å². The van der Waals surface area contributed by atoms with Gasteiger partial charge in [-0.3, -0.25) is 5.32 Å². The molecule has 0 bridgehead atoms. The average molecular weight is 284 g/mol. The zero-order chi connectivity index (χ0) is 13.8. The minimum atomic E-state index is -0.702. The molecule has 0 saturated heterocycles. The third-order valence-electron chi connectivity index (χ3n) is 2.37. The lowest BCUT2D eigenvalue weighted by Crippen LogP contribution is -2.31. The molecule has 0 radical (unpaired) electrons. The Morgan fingerprint density at radius 1 is 1.42 bits per heavy atom. The van der Waals surface area contributed by atoms with E-state index in [0.29, 0.717) is 5.00 Å². The molecule has 8 heteroatoms. The second-order valence-corrected chi connectivity index (χ2v) is 4.55. The Morgan fingerprint density at radius 2 is 2.21 bits per heavy atom. The second-order valence-electron chi connectivity index (χ2n) is 3.77. The van der Waals surface area contributed by atoms with Gasteiger partial charge in [-0.05, 0) is 13.0 Å². The van der Waals surface area contributed by atoms with Gasteiger partial charge in [0.1, 0.15) is 16.6 Å². The van der Waals surface area contributed by atoms with E-state index in [1.807, 2.05) is 0 Å². The molecule has 1 heterocycles. The number of amides is 2. The van der Waals surface area contributed by atoms with Gasteiger partial charge in [0, 0.05) is 23.2 Å². The van der Waals surface area contributed by atoms with Crippen molar-refractivity contribution in [1.29, 1.82) is 0 Å². The van der Waals surface area contributed by atoms with E-state index >= 15 is 0 Å². The molecule has 19 heavy (non-hydrogen) atoms. The maximum Gasteiger partial charge on any atom is 0.320 e. The number of carbonyl (C=O) groups excluding carboxylic acids is 1. The van der Waals surface area contributed by atoms with E-state index in [2.05, 4.69) is 20.2 Å². The number of halogens is 2. The minimum Gasteiger partial charge on any atom is -0.331 e. The van der Waals surface area contributed by atoms with E-state index in [-0.39, 0.29) is 5.56 Å². The highest BCUT2D eigenvalue weighted by molar-refractivity contribution is 7.10. The lowest BCUT2D eigenvalue weighted by molar-refractivity contribution is 0.249. The smallest absolute Gasteiger partial charge is 0.320 e.